The molecule has 0 aliphatic carbocycles. The third kappa shape index (κ3) is 3.49. The number of hydrogen-bond acceptors (Lipinski definition) is 5. The summed E-state index contributed by atoms with van der Waals surface area (Å²) in [4.78, 5) is 0.318. The zero-order chi connectivity index (χ0) is 19.9. The number of sulfonamides is 1. The van der Waals surface area contributed by atoms with Gasteiger partial charge in [-0.25, -0.2) is 8.42 Å². The van der Waals surface area contributed by atoms with Crippen LogP contribution in [0.5, 0.6) is 11.5 Å². The number of ether oxygens (including phenoxy) is 2. The summed E-state index contributed by atoms with van der Waals surface area (Å²) in [5.41, 5.74) is 2.03. The summed E-state index contributed by atoms with van der Waals surface area (Å²) in [5.74, 6) is 1.16. The number of hydrogen-bond donors (Lipinski definition) is 0. The molecule has 28 heavy (non-hydrogen) atoms. The lowest BCUT2D eigenvalue weighted by atomic mass is 10.2. The molecule has 2 aliphatic rings. The quantitative estimate of drug-likeness (QED) is 0.752. The standard InChI is InChI=1S/C19H24ClN3O4S/c1-13-19(28(24,25)22-6-4-3-5-7-22)14(2)23(21-13)12-15-10-16(20)18-17(11-15)26-8-9-27-18/h10-11H,3-9,12H2,1-2H3. The van der Waals surface area contributed by atoms with Gasteiger partial charge in [0, 0.05) is 13.1 Å². The molecule has 152 valence electrons. The molecule has 0 unspecified atom stereocenters. The molecule has 3 heterocycles. The molecule has 0 amide bonds. The van der Waals surface area contributed by atoms with Crippen LogP contribution in [0.15, 0.2) is 17.0 Å². The maximum absolute atomic E-state index is 13.2. The molecule has 1 fully saturated rings. The molecule has 1 aromatic carbocycles. The van der Waals surface area contributed by atoms with Gasteiger partial charge in [-0.15, -0.1) is 0 Å². The van der Waals surface area contributed by atoms with E-state index >= 15 is 0 Å². The summed E-state index contributed by atoms with van der Waals surface area (Å²) in [5, 5.41) is 4.99. The zero-order valence-corrected chi connectivity index (χ0v) is 17.6. The predicted molar refractivity (Wildman–Crippen MR) is 106 cm³/mol. The molecule has 0 atom stereocenters. The van der Waals surface area contributed by atoms with Crippen molar-refractivity contribution >= 4 is 21.6 Å². The van der Waals surface area contributed by atoms with Crippen LogP contribution in [0, 0.1) is 13.8 Å². The van der Waals surface area contributed by atoms with Crippen LogP contribution in [0.2, 0.25) is 5.02 Å². The van der Waals surface area contributed by atoms with E-state index in [4.69, 9.17) is 21.1 Å². The van der Waals surface area contributed by atoms with Crippen LogP contribution < -0.4 is 9.47 Å². The van der Waals surface area contributed by atoms with Gasteiger partial charge in [-0.1, -0.05) is 18.0 Å². The molecule has 0 spiro atoms. The number of fused-ring (bicyclic) bond motifs is 1. The van der Waals surface area contributed by atoms with Crippen molar-refractivity contribution in [2.75, 3.05) is 26.3 Å². The summed E-state index contributed by atoms with van der Waals surface area (Å²) in [6, 6.07) is 3.68. The normalized spacial score (nSPS) is 17.7. The first-order chi connectivity index (χ1) is 13.4. The Kier molecular flexibility index (Phi) is 5.28. The topological polar surface area (TPSA) is 73.7 Å². The Morgan fingerprint density at radius 3 is 2.57 bits per heavy atom. The highest BCUT2D eigenvalue weighted by atomic mass is 35.5. The second-order valence-corrected chi connectivity index (χ2v) is 9.51. The zero-order valence-electron chi connectivity index (χ0n) is 16.1. The first-order valence-electron chi connectivity index (χ1n) is 9.50. The first-order valence-corrected chi connectivity index (χ1v) is 11.3. The fourth-order valence-electron chi connectivity index (χ4n) is 3.87. The Balaban J connectivity index is 1.66. The summed E-state index contributed by atoms with van der Waals surface area (Å²) in [6.45, 7) is 6.05. The Hall–Kier alpha value is -1.77. The van der Waals surface area contributed by atoms with Crippen molar-refractivity contribution in [3.05, 3.63) is 34.1 Å². The van der Waals surface area contributed by atoms with Crippen molar-refractivity contribution in [1.29, 1.82) is 0 Å². The van der Waals surface area contributed by atoms with Crippen molar-refractivity contribution < 1.29 is 17.9 Å². The molecule has 9 heteroatoms. The van der Waals surface area contributed by atoms with E-state index in [1.54, 1.807) is 22.8 Å². The molecular formula is C19H24ClN3O4S. The van der Waals surface area contributed by atoms with Crippen molar-refractivity contribution in [1.82, 2.24) is 14.1 Å². The van der Waals surface area contributed by atoms with E-state index in [-0.39, 0.29) is 0 Å². The van der Waals surface area contributed by atoms with Gasteiger partial charge in [0.05, 0.1) is 23.0 Å². The molecule has 1 saturated heterocycles. The molecule has 0 saturated carbocycles. The lowest BCUT2D eigenvalue weighted by molar-refractivity contribution is 0.171. The summed E-state index contributed by atoms with van der Waals surface area (Å²) in [6.07, 6.45) is 2.89. The maximum Gasteiger partial charge on any atom is 0.246 e. The minimum atomic E-state index is -3.54. The molecule has 0 N–H and O–H groups in total. The third-order valence-corrected chi connectivity index (χ3v) is 7.65. The maximum atomic E-state index is 13.2. The van der Waals surface area contributed by atoms with E-state index in [1.807, 2.05) is 12.1 Å². The predicted octanol–water partition coefficient (Wildman–Crippen LogP) is 3.15. The highest BCUT2D eigenvalue weighted by Gasteiger charge is 2.31. The van der Waals surface area contributed by atoms with Crippen molar-refractivity contribution in [2.24, 2.45) is 0 Å². The summed E-state index contributed by atoms with van der Waals surface area (Å²) in [7, 11) is -3.54. The van der Waals surface area contributed by atoms with Crippen LogP contribution in [0.4, 0.5) is 0 Å². The molecule has 2 aliphatic heterocycles. The lowest BCUT2D eigenvalue weighted by Gasteiger charge is -2.26. The van der Waals surface area contributed by atoms with Crippen LogP contribution in [-0.4, -0.2) is 48.8 Å². The summed E-state index contributed by atoms with van der Waals surface area (Å²) >= 11 is 6.33. The van der Waals surface area contributed by atoms with Crippen LogP contribution in [0.1, 0.15) is 36.2 Å². The van der Waals surface area contributed by atoms with E-state index in [0.717, 1.165) is 24.8 Å². The fraction of sp³-hybridized carbons (Fsp3) is 0.526. The average molecular weight is 426 g/mol. The van der Waals surface area contributed by atoms with Gasteiger partial charge in [-0.05, 0) is 44.4 Å². The monoisotopic (exact) mass is 425 g/mol. The molecule has 7 nitrogen and oxygen atoms in total. The van der Waals surface area contributed by atoms with Gasteiger partial charge in [0.25, 0.3) is 0 Å². The lowest BCUT2D eigenvalue weighted by Crippen LogP contribution is -2.36. The molecular weight excluding hydrogens is 402 g/mol. The van der Waals surface area contributed by atoms with E-state index in [1.165, 1.54) is 0 Å². The highest BCUT2D eigenvalue weighted by Crippen LogP contribution is 2.38. The number of aryl methyl sites for hydroxylation is 1. The van der Waals surface area contributed by atoms with Gasteiger partial charge in [-0.2, -0.15) is 9.40 Å². The van der Waals surface area contributed by atoms with E-state index in [0.29, 0.717) is 65.7 Å². The number of benzene rings is 1. The van der Waals surface area contributed by atoms with Gasteiger partial charge in [-0.3, -0.25) is 4.68 Å². The molecule has 4 rings (SSSR count). The number of nitrogens with zero attached hydrogens (tertiary/aromatic N) is 3. The largest absolute Gasteiger partial charge is 0.486 e. The second-order valence-electron chi connectivity index (χ2n) is 7.22. The molecule has 2 aromatic rings. The number of aromatic nitrogens is 2. The van der Waals surface area contributed by atoms with E-state index in [2.05, 4.69) is 5.10 Å². The SMILES string of the molecule is Cc1nn(Cc2cc(Cl)c3c(c2)OCCO3)c(C)c1S(=O)(=O)N1CCCCC1. The van der Waals surface area contributed by atoms with Crippen molar-refractivity contribution in [3.63, 3.8) is 0 Å². The molecule has 0 bridgehead atoms. The Bertz CT molecular complexity index is 997. The number of piperidine rings is 1. The van der Waals surface area contributed by atoms with Crippen LogP contribution in [0.25, 0.3) is 0 Å². The number of rotatable bonds is 4. The minimum Gasteiger partial charge on any atom is -0.486 e. The smallest absolute Gasteiger partial charge is 0.246 e. The van der Waals surface area contributed by atoms with Crippen molar-refractivity contribution in [3.8, 4) is 11.5 Å². The van der Waals surface area contributed by atoms with Gasteiger partial charge in [0.15, 0.2) is 11.5 Å². The average Bonchev–Trinajstić information content (AvgIpc) is 2.96. The first kappa shape index (κ1) is 19.5. The minimum absolute atomic E-state index is 0.318. The Morgan fingerprint density at radius 2 is 1.82 bits per heavy atom. The Morgan fingerprint density at radius 1 is 1.11 bits per heavy atom. The molecule has 1 aromatic heterocycles. The van der Waals surface area contributed by atoms with E-state index < -0.39 is 10.0 Å². The second kappa shape index (κ2) is 7.57. The van der Waals surface area contributed by atoms with Crippen LogP contribution >= 0.6 is 11.6 Å². The Labute approximate surface area is 170 Å². The van der Waals surface area contributed by atoms with Gasteiger partial charge < -0.3 is 9.47 Å². The van der Waals surface area contributed by atoms with Crippen LogP contribution in [-0.2, 0) is 16.6 Å². The number of halogens is 1. The van der Waals surface area contributed by atoms with Gasteiger partial charge in [0.1, 0.15) is 18.1 Å². The fourth-order valence-corrected chi connectivity index (χ4v) is 6.05. The highest BCUT2D eigenvalue weighted by molar-refractivity contribution is 7.89. The van der Waals surface area contributed by atoms with Crippen molar-refractivity contribution in [2.45, 2.75) is 44.6 Å². The van der Waals surface area contributed by atoms with E-state index in [9.17, 15) is 8.42 Å². The van der Waals surface area contributed by atoms with Gasteiger partial charge >= 0.3 is 0 Å². The van der Waals surface area contributed by atoms with Crippen LogP contribution in [0.3, 0.4) is 0 Å². The van der Waals surface area contributed by atoms with Gasteiger partial charge in [0.2, 0.25) is 10.0 Å². The third-order valence-electron chi connectivity index (χ3n) is 5.22. The summed E-state index contributed by atoms with van der Waals surface area (Å²) < 4.78 is 40.8. The molecule has 0 radical (unpaired) electrons.